The molecule has 2 aliphatic rings. The molecule has 4 nitrogen and oxygen atoms in total. The third-order valence-corrected chi connectivity index (χ3v) is 5.93. The van der Waals surface area contributed by atoms with Gasteiger partial charge in [-0.05, 0) is 43.5 Å². The Bertz CT molecular complexity index is 657. The van der Waals surface area contributed by atoms with Gasteiger partial charge in [0.05, 0.1) is 18.7 Å². The van der Waals surface area contributed by atoms with Crippen LogP contribution in [0.3, 0.4) is 0 Å². The molecule has 2 heterocycles. The van der Waals surface area contributed by atoms with Crippen LogP contribution in [0.25, 0.3) is 6.08 Å². The number of hydrogen-bond acceptors (Lipinski definition) is 5. The lowest BCUT2D eigenvalue weighted by Gasteiger charge is -2.35. The number of carbonyl (C=O) groups excluding carboxylic acids is 1. The minimum Gasteiger partial charge on any atom is -0.497 e. The van der Waals surface area contributed by atoms with E-state index in [-0.39, 0.29) is 5.91 Å². The molecule has 0 spiro atoms. The molecule has 2 saturated heterocycles. The van der Waals surface area contributed by atoms with Crippen LogP contribution in [0.15, 0.2) is 29.2 Å². The second-order valence-corrected chi connectivity index (χ2v) is 7.86. The number of methoxy groups -OCH3 is 1. The first-order valence-electron chi connectivity index (χ1n) is 8.22. The van der Waals surface area contributed by atoms with Crippen LogP contribution in [-0.2, 0) is 4.79 Å². The van der Waals surface area contributed by atoms with Crippen molar-refractivity contribution in [2.24, 2.45) is 0 Å². The van der Waals surface area contributed by atoms with Gasteiger partial charge in [-0.2, -0.15) is 0 Å². The molecule has 1 unspecified atom stereocenters. The third kappa shape index (κ3) is 3.82. The van der Waals surface area contributed by atoms with Crippen molar-refractivity contribution >= 4 is 40.3 Å². The van der Waals surface area contributed by atoms with Gasteiger partial charge >= 0.3 is 0 Å². The number of hydrogen-bond donors (Lipinski definition) is 0. The second kappa shape index (κ2) is 7.68. The summed E-state index contributed by atoms with van der Waals surface area (Å²) in [6.07, 6.45) is 5.56. The summed E-state index contributed by atoms with van der Waals surface area (Å²) in [4.78, 5) is 17.5. The number of rotatable bonds is 4. The average Bonchev–Trinajstić information content (AvgIpc) is 2.85. The van der Waals surface area contributed by atoms with Crippen LogP contribution >= 0.6 is 24.0 Å². The van der Waals surface area contributed by atoms with Gasteiger partial charge in [0.15, 0.2) is 0 Å². The third-order valence-electron chi connectivity index (χ3n) is 4.55. The van der Waals surface area contributed by atoms with Gasteiger partial charge in [-0.15, -0.1) is 0 Å². The van der Waals surface area contributed by atoms with E-state index >= 15 is 0 Å². The van der Waals surface area contributed by atoms with E-state index in [1.54, 1.807) is 12.0 Å². The molecule has 0 saturated carbocycles. The van der Waals surface area contributed by atoms with Crippen LogP contribution in [0.4, 0.5) is 0 Å². The van der Waals surface area contributed by atoms with E-state index in [1.807, 2.05) is 30.3 Å². The number of benzene rings is 1. The van der Waals surface area contributed by atoms with E-state index < -0.39 is 0 Å². The largest absolute Gasteiger partial charge is 0.497 e. The molecule has 0 aromatic heterocycles. The second-order valence-electron chi connectivity index (χ2n) is 6.18. The van der Waals surface area contributed by atoms with E-state index in [1.165, 1.54) is 31.0 Å². The molecule has 3 rings (SSSR count). The van der Waals surface area contributed by atoms with Crippen LogP contribution in [0.5, 0.6) is 5.75 Å². The summed E-state index contributed by atoms with van der Waals surface area (Å²) in [5, 5.41) is 0. The highest BCUT2D eigenvalue weighted by molar-refractivity contribution is 8.26. The molecule has 2 fully saturated rings. The number of likely N-dealkylation sites (tertiary alicyclic amines) is 1. The van der Waals surface area contributed by atoms with Crippen molar-refractivity contribution in [2.75, 3.05) is 20.3 Å². The average molecular weight is 363 g/mol. The summed E-state index contributed by atoms with van der Waals surface area (Å²) < 4.78 is 5.81. The van der Waals surface area contributed by atoms with Gasteiger partial charge in [0.2, 0.25) is 0 Å². The highest BCUT2D eigenvalue weighted by Crippen LogP contribution is 2.33. The normalized spacial score (nSPS) is 24.0. The lowest BCUT2D eigenvalue weighted by Crippen LogP contribution is -2.46. The standard InChI is InChI=1S/C18H22N2O2S2/c1-13-5-3-4-10-19(13)12-20-17(21)16(24-18(20)23)11-14-6-8-15(22-2)9-7-14/h6-9,11,13H,3-5,10,12H2,1-2H3. The summed E-state index contributed by atoms with van der Waals surface area (Å²) in [7, 11) is 1.64. The Morgan fingerprint density at radius 3 is 2.75 bits per heavy atom. The first-order chi connectivity index (χ1) is 11.6. The SMILES string of the molecule is COc1ccc(C=C2SC(=S)N(CN3CCCCC3C)C2=O)cc1. The Morgan fingerprint density at radius 1 is 1.33 bits per heavy atom. The summed E-state index contributed by atoms with van der Waals surface area (Å²) in [6, 6.07) is 8.18. The quantitative estimate of drug-likeness (QED) is 0.602. The fourth-order valence-corrected chi connectivity index (χ4v) is 4.26. The summed E-state index contributed by atoms with van der Waals surface area (Å²) >= 11 is 6.83. The minimum absolute atomic E-state index is 0.0126. The highest BCUT2D eigenvalue weighted by atomic mass is 32.2. The topological polar surface area (TPSA) is 32.8 Å². The maximum Gasteiger partial charge on any atom is 0.267 e. The van der Waals surface area contributed by atoms with Gasteiger partial charge in [-0.25, -0.2) is 0 Å². The molecule has 1 atom stereocenters. The summed E-state index contributed by atoms with van der Waals surface area (Å²) in [5.74, 6) is 0.817. The van der Waals surface area contributed by atoms with E-state index in [2.05, 4.69) is 11.8 Å². The predicted molar refractivity (Wildman–Crippen MR) is 103 cm³/mol. The molecule has 128 valence electrons. The first-order valence-corrected chi connectivity index (χ1v) is 9.44. The van der Waals surface area contributed by atoms with Crippen molar-refractivity contribution in [3.8, 4) is 5.75 Å². The molecule has 1 aromatic carbocycles. The van der Waals surface area contributed by atoms with Crippen molar-refractivity contribution in [2.45, 2.75) is 32.2 Å². The van der Waals surface area contributed by atoms with Crippen molar-refractivity contribution in [1.29, 1.82) is 0 Å². The maximum atomic E-state index is 12.7. The molecule has 0 bridgehead atoms. The molecule has 0 aliphatic carbocycles. The van der Waals surface area contributed by atoms with E-state index in [4.69, 9.17) is 17.0 Å². The van der Waals surface area contributed by atoms with Gasteiger partial charge in [-0.3, -0.25) is 14.6 Å². The summed E-state index contributed by atoms with van der Waals surface area (Å²) in [5.41, 5.74) is 0.975. The molecule has 24 heavy (non-hydrogen) atoms. The number of carbonyl (C=O) groups is 1. The number of thiocarbonyl (C=S) groups is 1. The van der Waals surface area contributed by atoms with Crippen LogP contribution in [-0.4, -0.2) is 46.4 Å². The van der Waals surface area contributed by atoms with Gasteiger partial charge in [0.25, 0.3) is 5.91 Å². The van der Waals surface area contributed by atoms with E-state index in [0.29, 0.717) is 21.9 Å². The fraction of sp³-hybridized carbons (Fsp3) is 0.444. The molecule has 0 radical (unpaired) electrons. The lowest BCUT2D eigenvalue weighted by molar-refractivity contribution is -0.124. The number of ether oxygens (including phenoxy) is 1. The lowest BCUT2D eigenvalue weighted by atomic mass is 10.0. The Balaban J connectivity index is 1.71. The van der Waals surface area contributed by atoms with Gasteiger partial charge < -0.3 is 4.74 Å². The Morgan fingerprint density at radius 2 is 2.08 bits per heavy atom. The van der Waals surface area contributed by atoms with Crippen LogP contribution in [0.1, 0.15) is 31.7 Å². The molecular weight excluding hydrogens is 340 g/mol. The van der Waals surface area contributed by atoms with E-state index in [0.717, 1.165) is 17.9 Å². The number of piperidine rings is 1. The van der Waals surface area contributed by atoms with Gasteiger partial charge in [-0.1, -0.05) is 42.5 Å². The Hall–Kier alpha value is -1.37. The van der Waals surface area contributed by atoms with Gasteiger partial charge in [0.1, 0.15) is 10.1 Å². The molecule has 2 aliphatic heterocycles. The number of thioether (sulfide) groups is 1. The molecule has 0 N–H and O–H groups in total. The zero-order valence-corrected chi connectivity index (χ0v) is 15.7. The van der Waals surface area contributed by atoms with Crippen molar-refractivity contribution in [3.63, 3.8) is 0 Å². The zero-order chi connectivity index (χ0) is 17.1. The zero-order valence-electron chi connectivity index (χ0n) is 14.0. The summed E-state index contributed by atoms with van der Waals surface area (Å²) in [6.45, 7) is 3.87. The van der Waals surface area contributed by atoms with Crippen molar-refractivity contribution < 1.29 is 9.53 Å². The molecule has 6 heteroatoms. The van der Waals surface area contributed by atoms with Crippen molar-refractivity contribution in [1.82, 2.24) is 9.80 Å². The maximum absolute atomic E-state index is 12.7. The van der Waals surface area contributed by atoms with Crippen molar-refractivity contribution in [3.05, 3.63) is 34.7 Å². The minimum atomic E-state index is 0.0126. The Kier molecular flexibility index (Phi) is 5.58. The van der Waals surface area contributed by atoms with Crippen LogP contribution < -0.4 is 4.74 Å². The monoisotopic (exact) mass is 362 g/mol. The molecule has 1 aromatic rings. The highest BCUT2D eigenvalue weighted by Gasteiger charge is 2.34. The predicted octanol–water partition coefficient (Wildman–Crippen LogP) is 3.73. The van der Waals surface area contributed by atoms with E-state index in [9.17, 15) is 4.79 Å². The van der Waals surface area contributed by atoms with Crippen LogP contribution in [0.2, 0.25) is 0 Å². The van der Waals surface area contributed by atoms with Crippen LogP contribution in [0, 0.1) is 0 Å². The molecule has 1 amide bonds. The number of nitrogens with zero attached hydrogens (tertiary/aromatic N) is 2. The fourth-order valence-electron chi connectivity index (χ4n) is 3.02. The number of amides is 1. The first kappa shape index (κ1) is 17.5. The van der Waals surface area contributed by atoms with Gasteiger partial charge in [0, 0.05) is 12.6 Å². The smallest absolute Gasteiger partial charge is 0.267 e. The molecular formula is C18H22N2O2S2. The Labute approximate surface area is 152 Å².